The third-order valence-corrected chi connectivity index (χ3v) is 7.90. The molecule has 0 rings (SSSR count). The Balaban J connectivity index is 3.81. The van der Waals surface area contributed by atoms with Gasteiger partial charge in [-0.05, 0) is 34.3 Å². The molecule has 0 radical (unpaired) electrons. The van der Waals surface area contributed by atoms with Crippen LogP contribution in [-0.2, 0) is 0 Å². The summed E-state index contributed by atoms with van der Waals surface area (Å²) in [6.45, 7) is -1.43. The summed E-state index contributed by atoms with van der Waals surface area (Å²) in [5.41, 5.74) is 0. The highest BCUT2D eigenvalue weighted by Crippen LogP contribution is 2.67. The third kappa shape index (κ3) is 5.09. The molecule has 0 amide bonds. The van der Waals surface area contributed by atoms with Crippen LogP contribution in [0.15, 0.2) is 4.52 Å². The van der Waals surface area contributed by atoms with Crippen molar-refractivity contribution in [2.24, 2.45) is 4.52 Å². The van der Waals surface area contributed by atoms with E-state index in [1.165, 1.54) is 0 Å². The summed E-state index contributed by atoms with van der Waals surface area (Å²) in [4.78, 5) is 0. The van der Waals surface area contributed by atoms with Crippen molar-refractivity contribution in [3.63, 3.8) is 0 Å². The van der Waals surface area contributed by atoms with Gasteiger partial charge in [0.15, 0.2) is 6.78 Å². The van der Waals surface area contributed by atoms with E-state index in [1.807, 2.05) is 0 Å². The molecule has 0 bridgehead atoms. The zero-order valence-electron chi connectivity index (χ0n) is 4.13. The number of hydrogen-bond donors (Lipinski definition) is 0. The van der Waals surface area contributed by atoms with Crippen molar-refractivity contribution in [3.05, 3.63) is 0 Å². The highest BCUT2D eigenvalue weighted by Gasteiger charge is 2.19. The van der Waals surface area contributed by atoms with Crippen molar-refractivity contribution < 1.29 is 0 Å². The van der Waals surface area contributed by atoms with Gasteiger partial charge in [0.05, 0.1) is 0 Å². The standard InChI is InChI=1S/Cl5N2P3/c1-7(9(3)4)10(5)6-8-2. The van der Waals surface area contributed by atoms with Crippen LogP contribution in [0.1, 0.15) is 0 Å². The van der Waals surface area contributed by atoms with Gasteiger partial charge in [-0.1, -0.05) is 22.5 Å². The molecule has 1 unspecified atom stereocenters. The fraction of sp³-hybridized carbons (Fsp3) is 0. The number of rotatable bonds is 3. The van der Waals surface area contributed by atoms with Crippen molar-refractivity contribution >= 4 is 78.8 Å². The second-order valence-corrected chi connectivity index (χ2v) is 8.37. The highest BCUT2D eigenvalue weighted by molar-refractivity contribution is 8.08. The lowest BCUT2D eigenvalue weighted by molar-refractivity contribution is 1.22. The van der Waals surface area contributed by atoms with Crippen molar-refractivity contribution in [2.45, 2.75) is 0 Å². The van der Waals surface area contributed by atoms with Crippen LogP contribution in [0.25, 0.3) is 0 Å². The molecule has 10 heteroatoms. The Bertz CT molecular complexity index is 115. The van der Waals surface area contributed by atoms with Gasteiger partial charge in [0, 0.05) is 0 Å². The maximum Gasteiger partial charge on any atom is 0.214 e. The first-order valence-corrected chi connectivity index (χ1v) is 8.99. The topological polar surface area (TPSA) is 15.6 Å². The number of nitrogens with zero attached hydrogens (tertiary/aromatic N) is 2. The summed E-state index contributed by atoms with van der Waals surface area (Å²) in [5, 5.41) is 0. The quantitative estimate of drug-likeness (QED) is 0.468. The van der Waals surface area contributed by atoms with E-state index in [2.05, 4.69) is 4.52 Å². The highest BCUT2D eigenvalue weighted by atomic mass is 35.9. The zero-order chi connectivity index (χ0) is 8.15. The van der Waals surface area contributed by atoms with Crippen LogP contribution in [0, 0.1) is 0 Å². The largest absolute Gasteiger partial charge is 0.214 e. The van der Waals surface area contributed by atoms with E-state index < -0.39 is 14.4 Å². The summed E-state index contributed by atoms with van der Waals surface area (Å²) in [6.07, 6.45) is 0. The van der Waals surface area contributed by atoms with Gasteiger partial charge in [0.25, 0.3) is 0 Å². The normalized spacial score (nSPS) is 15.5. The van der Waals surface area contributed by atoms with Gasteiger partial charge in [0.1, 0.15) is 7.73 Å². The average molecular weight is 298 g/mol. The van der Waals surface area contributed by atoms with E-state index >= 15 is 0 Å². The molecule has 0 aliphatic heterocycles. The Kier molecular flexibility index (Phi) is 8.46. The minimum absolute atomic E-state index is 0.301. The van der Waals surface area contributed by atoms with Crippen LogP contribution in [0.4, 0.5) is 0 Å². The monoisotopic (exact) mass is 296 g/mol. The van der Waals surface area contributed by atoms with Gasteiger partial charge in [-0.25, -0.2) is 0 Å². The predicted octanol–water partition coefficient (Wildman–Crippen LogP) is 5.90. The first kappa shape index (κ1) is 12.4. The smallest absolute Gasteiger partial charge is 0.194 e. The molecule has 0 aromatic rings. The van der Waals surface area contributed by atoms with Crippen LogP contribution < -0.4 is 0 Å². The molecular weight excluding hydrogens is 298 g/mol. The predicted molar refractivity (Wildman–Crippen MR) is 54.3 cm³/mol. The lowest BCUT2D eigenvalue weighted by Gasteiger charge is -2.13. The Morgan fingerprint density at radius 3 is 2.10 bits per heavy atom. The molecule has 0 aliphatic carbocycles. The maximum atomic E-state index is 5.57. The van der Waals surface area contributed by atoms with Crippen molar-refractivity contribution in [2.75, 3.05) is 0 Å². The van der Waals surface area contributed by atoms with Crippen LogP contribution in [0.5, 0.6) is 0 Å². The molecule has 10 heavy (non-hydrogen) atoms. The van der Waals surface area contributed by atoms with Crippen molar-refractivity contribution in [1.82, 2.24) is 3.96 Å². The van der Waals surface area contributed by atoms with Gasteiger partial charge in [0.2, 0.25) is 7.58 Å². The molecule has 1 atom stereocenters. The average Bonchev–Trinajstić information content (AvgIpc) is 1.87. The lowest BCUT2D eigenvalue weighted by Crippen LogP contribution is -1.82. The van der Waals surface area contributed by atoms with Crippen molar-refractivity contribution in [3.8, 4) is 0 Å². The molecule has 0 saturated heterocycles. The molecule has 0 aromatic heterocycles. The van der Waals surface area contributed by atoms with Gasteiger partial charge in [-0.15, -0.1) is 3.96 Å². The van der Waals surface area contributed by atoms with Crippen LogP contribution in [-0.4, -0.2) is 3.96 Å². The molecule has 60 valence electrons. The second kappa shape index (κ2) is 6.84. The second-order valence-electron chi connectivity index (χ2n) is 0.861. The van der Waals surface area contributed by atoms with Gasteiger partial charge in [-0.3, -0.25) is 0 Å². The lowest BCUT2D eigenvalue weighted by atomic mass is 13.8. The van der Waals surface area contributed by atoms with E-state index in [0.717, 1.165) is 3.96 Å². The van der Waals surface area contributed by atoms with E-state index in [9.17, 15) is 0 Å². The number of hydrogen-bond acceptors (Lipinski definition) is 2. The van der Waals surface area contributed by atoms with Gasteiger partial charge >= 0.3 is 0 Å². The van der Waals surface area contributed by atoms with Gasteiger partial charge in [-0.2, -0.15) is 4.52 Å². The van der Waals surface area contributed by atoms with Crippen LogP contribution >= 0.6 is 78.8 Å². The van der Waals surface area contributed by atoms with Gasteiger partial charge < -0.3 is 0 Å². The SMILES string of the molecule is ClP=NP(Cl)N(Cl)P(Cl)Cl. The molecule has 2 nitrogen and oxygen atoms in total. The molecule has 0 saturated carbocycles. The summed E-state index contributed by atoms with van der Waals surface area (Å²) >= 11 is 27.1. The van der Waals surface area contributed by atoms with E-state index in [1.54, 1.807) is 0 Å². The Morgan fingerprint density at radius 2 is 1.80 bits per heavy atom. The van der Waals surface area contributed by atoms with E-state index in [4.69, 9.17) is 56.7 Å². The summed E-state index contributed by atoms with van der Waals surface area (Å²) in [7, 11) is -1.06. The maximum absolute atomic E-state index is 5.57. The molecule has 0 N–H and O–H groups in total. The summed E-state index contributed by atoms with van der Waals surface area (Å²) < 4.78 is 4.72. The molecule has 0 fully saturated rings. The van der Waals surface area contributed by atoms with Crippen LogP contribution in [0.2, 0.25) is 0 Å². The summed E-state index contributed by atoms with van der Waals surface area (Å²) in [5.74, 6) is 0. The molecule has 0 heterocycles. The van der Waals surface area contributed by atoms with Crippen molar-refractivity contribution in [1.29, 1.82) is 0 Å². The molecule has 0 aromatic carbocycles. The summed E-state index contributed by atoms with van der Waals surface area (Å²) in [6, 6.07) is 0. The fourth-order valence-corrected chi connectivity index (χ4v) is 5.22. The Morgan fingerprint density at radius 1 is 1.30 bits per heavy atom. The minimum atomic E-state index is -1.43. The van der Waals surface area contributed by atoms with E-state index in [0.29, 0.717) is 7.73 Å². The minimum Gasteiger partial charge on any atom is -0.194 e. The first-order valence-electron chi connectivity index (χ1n) is 1.65. The molecular formula is Cl5N2P3. The zero-order valence-corrected chi connectivity index (χ0v) is 10.6. The molecule has 0 aliphatic rings. The third-order valence-electron chi connectivity index (χ3n) is 0.369. The first-order chi connectivity index (χ1) is 4.59. The van der Waals surface area contributed by atoms with E-state index in [-0.39, 0.29) is 0 Å². The Labute approximate surface area is 86.9 Å². The van der Waals surface area contributed by atoms with Crippen LogP contribution in [0.3, 0.4) is 0 Å². The fourth-order valence-electron chi connectivity index (χ4n) is 0.117. The Hall–Kier alpha value is 2.37. The number of halogens is 5. The molecule has 0 spiro atoms.